The average molecular weight is 197 g/mol. The molecule has 1 fully saturated rings. The maximum Gasteiger partial charge on any atom is 0.307 e. The minimum atomic E-state index is -0.773. The second-order valence-corrected chi connectivity index (χ2v) is 4.22. The van der Waals surface area contributed by atoms with E-state index in [4.69, 9.17) is 5.11 Å². The second kappa shape index (κ2) is 4.60. The molecule has 1 heterocycles. The predicted octanol–water partition coefficient (Wildman–Crippen LogP) is 1.89. The number of carboxylic acids is 1. The molecule has 1 N–H and O–H groups in total. The quantitative estimate of drug-likeness (QED) is 0.700. The zero-order valence-corrected chi connectivity index (χ0v) is 8.99. The van der Waals surface area contributed by atoms with E-state index >= 15 is 0 Å². The van der Waals surface area contributed by atoms with E-state index in [2.05, 4.69) is 25.3 Å². The van der Waals surface area contributed by atoms with E-state index in [0.29, 0.717) is 6.04 Å². The fraction of sp³-hybridized carbons (Fsp3) is 0.727. The predicted molar refractivity (Wildman–Crippen MR) is 56.3 cm³/mol. The standard InChI is InChI=1S/C11H19NO2/c1-8(2)12-6-4-5-10(12)9(3)7-11(13)14/h8,10H,3-7H2,1-2H3,(H,13,14). The lowest BCUT2D eigenvalue weighted by atomic mass is 10.0. The van der Waals surface area contributed by atoms with Crippen molar-refractivity contribution in [3.05, 3.63) is 12.2 Å². The summed E-state index contributed by atoms with van der Waals surface area (Å²) in [5, 5.41) is 8.69. The Labute approximate surface area is 85.4 Å². The fourth-order valence-electron chi connectivity index (χ4n) is 2.16. The first-order chi connectivity index (χ1) is 6.52. The average Bonchev–Trinajstić information content (AvgIpc) is 2.49. The minimum Gasteiger partial charge on any atom is -0.481 e. The number of hydrogen-bond donors (Lipinski definition) is 1. The van der Waals surface area contributed by atoms with Gasteiger partial charge in [0.05, 0.1) is 6.42 Å². The molecule has 1 aliphatic rings. The molecule has 1 saturated heterocycles. The van der Waals surface area contributed by atoms with Gasteiger partial charge in [-0.25, -0.2) is 0 Å². The SMILES string of the molecule is C=C(CC(=O)O)C1CCCN1C(C)C. The third kappa shape index (κ3) is 2.58. The number of likely N-dealkylation sites (tertiary alicyclic amines) is 1. The normalized spacial score (nSPS) is 22.9. The van der Waals surface area contributed by atoms with Gasteiger partial charge in [0.25, 0.3) is 0 Å². The van der Waals surface area contributed by atoms with Crippen LogP contribution in [0.2, 0.25) is 0 Å². The highest BCUT2D eigenvalue weighted by Crippen LogP contribution is 2.26. The second-order valence-electron chi connectivity index (χ2n) is 4.22. The summed E-state index contributed by atoms with van der Waals surface area (Å²) in [4.78, 5) is 12.9. The Morgan fingerprint density at radius 3 is 2.79 bits per heavy atom. The number of aliphatic carboxylic acids is 1. The van der Waals surface area contributed by atoms with Crippen molar-refractivity contribution in [1.29, 1.82) is 0 Å². The van der Waals surface area contributed by atoms with Crippen LogP contribution in [-0.4, -0.2) is 34.6 Å². The number of rotatable bonds is 4. The van der Waals surface area contributed by atoms with Crippen molar-refractivity contribution in [2.45, 2.75) is 45.2 Å². The van der Waals surface area contributed by atoms with E-state index in [1.54, 1.807) is 0 Å². The molecule has 1 unspecified atom stereocenters. The van der Waals surface area contributed by atoms with E-state index < -0.39 is 5.97 Å². The van der Waals surface area contributed by atoms with Crippen LogP contribution in [0.1, 0.15) is 33.1 Å². The summed E-state index contributed by atoms with van der Waals surface area (Å²) in [6, 6.07) is 0.763. The molecule has 3 nitrogen and oxygen atoms in total. The summed E-state index contributed by atoms with van der Waals surface area (Å²) in [5.41, 5.74) is 0.851. The van der Waals surface area contributed by atoms with Crippen molar-refractivity contribution >= 4 is 5.97 Å². The lowest BCUT2D eigenvalue weighted by Crippen LogP contribution is -2.36. The minimum absolute atomic E-state index is 0.105. The topological polar surface area (TPSA) is 40.5 Å². The summed E-state index contributed by atoms with van der Waals surface area (Å²) < 4.78 is 0. The summed E-state index contributed by atoms with van der Waals surface area (Å²) in [6.07, 6.45) is 2.32. The van der Waals surface area contributed by atoms with E-state index in [0.717, 1.165) is 25.0 Å². The molecule has 80 valence electrons. The first kappa shape index (κ1) is 11.2. The lowest BCUT2D eigenvalue weighted by molar-refractivity contribution is -0.136. The Morgan fingerprint density at radius 1 is 1.64 bits per heavy atom. The van der Waals surface area contributed by atoms with Gasteiger partial charge in [-0.3, -0.25) is 9.69 Å². The van der Waals surface area contributed by atoms with Crippen LogP contribution < -0.4 is 0 Å². The van der Waals surface area contributed by atoms with Gasteiger partial charge in [-0.15, -0.1) is 0 Å². The summed E-state index contributed by atoms with van der Waals surface area (Å²) in [6.45, 7) is 9.25. The van der Waals surface area contributed by atoms with Crippen LogP contribution in [0.5, 0.6) is 0 Å². The third-order valence-corrected chi connectivity index (χ3v) is 2.81. The zero-order chi connectivity index (χ0) is 10.7. The van der Waals surface area contributed by atoms with Gasteiger partial charge in [0.2, 0.25) is 0 Å². The Balaban J connectivity index is 2.58. The van der Waals surface area contributed by atoms with Gasteiger partial charge < -0.3 is 5.11 Å². The highest BCUT2D eigenvalue weighted by Gasteiger charge is 2.28. The molecule has 0 aromatic carbocycles. The van der Waals surface area contributed by atoms with Crippen LogP contribution in [0.25, 0.3) is 0 Å². The van der Waals surface area contributed by atoms with Crippen LogP contribution >= 0.6 is 0 Å². The van der Waals surface area contributed by atoms with Crippen LogP contribution in [0.15, 0.2) is 12.2 Å². The van der Waals surface area contributed by atoms with Gasteiger partial charge in [0, 0.05) is 12.1 Å². The third-order valence-electron chi connectivity index (χ3n) is 2.81. The molecule has 14 heavy (non-hydrogen) atoms. The highest BCUT2D eigenvalue weighted by atomic mass is 16.4. The molecule has 1 rings (SSSR count). The lowest BCUT2D eigenvalue weighted by Gasteiger charge is -2.29. The smallest absolute Gasteiger partial charge is 0.307 e. The molecule has 0 aromatic heterocycles. The maximum absolute atomic E-state index is 10.6. The zero-order valence-electron chi connectivity index (χ0n) is 8.99. The largest absolute Gasteiger partial charge is 0.481 e. The molecule has 0 saturated carbocycles. The van der Waals surface area contributed by atoms with Gasteiger partial charge in [0.1, 0.15) is 0 Å². The molecule has 0 bridgehead atoms. The van der Waals surface area contributed by atoms with Crippen molar-refractivity contribution in [1.82, 2.24) is 4.90 Å². The molecule has 1 atom stereocenters. The molecule has 0 aromatic rings. The fourth-order valence-corrected chi connectivity index (χ4v) is 2.16. The molecule has 1 aliphatic heterocycles. The van der Waals surface area contributed by atoms with Gasteiger partial charge in [0.15, 0.2) is 0 Å². The molecular weight excluding hydrogens is 178 g/mol. The first-order valence-corrected chi connectivity index (χ1v) is 5.17. The Kier molecular flexibility index (Phi) is 3.69. The summed E-state index contributed by atoms with van der Waals surface area (Å²) >= 11 is 0. The van der Waals surface area contributed by atoms with E-state index in [9.17, 15) is 4.79 Å². The van der Waals surface area contributed by atoms with Crippen LogP contribution in [0.3, 0.4) is 0 Å². The van der Waals surface area contributed by atoms with Gasteiger partial charge >= 0.3 is 5.97 Å². The van der Waals surface area contributed by atoms with Crippen molar-refractivity contribution in [3.8, 4) is 0 Å². The molecule has 0 aliphatic carbocycles. The first-order valence-electron chi connectivity index (χ1n) is 5.17. The number of carboxylic acid groups (broad SMARTS) is 1. The number of hydrogen-bond acceptors (Lipinski definition) is 2. The molecular formula is C11H19NO2. The van der Waals surface area contributed by atoms with E-state index in [1.165, 1.54) is 0 Å². The highest BCUT2D eigenvalue weighted by molar-refractivity contribution is 5.70. The Bertz CT molecular complexity index is 235. The van der Waals surface area contributed by atoms with E-state index in [-0.39, 0.29) is 12.5 Å². The Morgan fingerprint density at radius 2 is 2.29 bits per heavy atom. The van der Waals surface area contributed by atoms with Crippen molar-refractivity contribution < 1.29 is 9.90 Å². The van der Waals surface area contributed by atoms with Crippen molar-refractivity contribution in [3.63, 3.8) is 0 Å². The summed E-state index contributed by atoms with van der Waals surface area (Å²) in [7, 11) is 0. The van der Waals surface area contributed by atoms with Crippen LogP contribution in [0.4, 0.5) is 0 Å². The Hall–Kier alpha value is -0.830. The van der Waals surface area contributed by atoms with Crippen LogP contribution in [0, 0.1) is 0 Å². The van der Waals surface area contributed by atoms with Gasteiger partial charge in [-0.2, -0.15) is 0 Å². The van der Waals surface area contributed by atoms with Gasteiger partial charge in [-0.05, 0) is 38.8 Å². The van der Waals surface area contributed by atoms with Crippen molar-refractivity contribution in [2.24, 2.45) is 0 Å². The van der Waals surface area contributed by atoms with Crippen LogP contribution in [-0.2, 0) is 4.79 Å². The van der Waals surface area contributed by atoms with Gasteiger partial charge in [-0.1, -0.05) is 6.58 Å². The molecule has 0 spiro atoms. The van der Waals surface area contributed by atoms with E-state index in [1.807, 2.05) is 0 Å². The monoisotopic (exact) mass is 197 g/mol. The maximum atomic E-state index is 10.6. The molecule has 3 heteroatoms. The van der Waals surface area contributed by atoms with Crippen molar-refractivity contribution in [2.75, 3.05) is 6.54 Å². The number of nitrogens with zero attached hydrogens (tertiary/aromatic N) is 1. The molecule has 0 amide bonds. The molecule has 0 radical (unpaired) electrons. The summed E-state index contributed by atoms with van der Waals surface area (Å²) in [5.74, 6) is -0.773. The number of carbonyl (C=O) groups is 1.